The number of carbonyl (C=O) groups is 3. The lowest BCUT2D eigenvalue weighted by Crippen LogP contribution is -2.37. The van der Waals surface area contributed by atoms with Crippen LogP contribution in [-0.4, -0.2) is 30.0 Å². The number of ether oxygens (including phenoxy) is 3. The Labute approximate surface area is 230 Å². The molecule has 0 aromatic heterocycles. The molecule has 0 fully saturated rings. The van der Waals surface area contributed by atoms with Gasteiger partial charge in [0, 0.05) is 29.4 Å². The first kappa shape index (κ1) is 30.6. The van der Waals surface area contributed by atoms with E-state index >= 15 is 0 Å². The summed E-state index contributed by atoms with van der Waals surface area (Å²) in [6.07, 6.45) is -5.98. The predicted octanol–water partition coefficient (Wildman–Crippen LogP) is 5.71. The Hall–Kier alpha value is -4.94. The van der Waals surface area contributed by atoms with Crippen LogP contribution in [0, 0.1) is 0 Å². The van der Waals surface area contributed by atoms with Crippen molar-refractivity contribution < 1.29 is 50.5 Å². The van der Waals surface area contributed by atoms with Gasteiger partial charge in [0.25, 0.3) is 0 Å². The fourth-order valence-electron chi connectivity index (χ4n) is 3.16. The summed E-state index contributed by atoms with van der Waals surface area (Å²) in [7, 11) is 0. The second-order valence-electron chi connectivity index (χ2n) is 8.56. The molecule has 0 aliphatic carbocycles. The first-order chi connectivity index (χ1) is 19.2. The molecule has 0 aliphatic heterocycles. The molecule has 3 aromatic rings. The van der Waals surface area contributed by atoms with Gasteiger partial charge in [-0.2, -0.15) is 22.0 Å². The molecule has 41 heavy (non-hydrogen) atoms. The van der Waals surface area contributed by atoms with Crippen molar-refractivity contribution in [1.82, 2.24) is 0 Å². The van der Waals surface area contributed by atoms with E-state index in [0.717, 1.165) is 12.1 Å². The number of nitrogen functional groups attached to an aromatic ring is 2. The standard InChI is InChI=1S/C28H23F5N2O6/c29-27(30,28(31,32)33)14-13-25(37)40-21-10-5-18(6-11-21)26(38)41-22-8-1-17(2-9-22)3-12-24(36)39-16-19-4-7-20(34)15-23(19)35/h1-12,15H,13-14,16,34-35H2. The van der Waals surface area contributed by atoms with E-state index < -0.39 is 42.8 Å². The van der Waals surface area contributed by atoms with E-state index in [0.29, 0.717) is 22.5 Å². The maximum absolute atomic E-state index is 12.9. The van der Waals surface area contributed by atoms with E-state index in [9.17, 15) is 36.3 Å². The largest absolute Gasteiger partial charge is 0.458 e. The van der Waals surface area contributed by atoms with Gasteiger partial charge in [0.15, 0.2) is 0 Å². The second-order valence-corrected chi connectivity index (χ2v) is 8.56. The topological polar surface area (TPSA) is 131 Å². The Bertz CT molecular complexity index is 1420. The van der Waals surface area contributed by atoms with Crippen LogP contribution < -0.4 is 20.9 Å². The van der Waals surface area contributed by atoms with Gasteiger partial charge in [-0.3, -0.25) is 4.79 Å². The average Bonchev–Trinajstić information content (AvgIpc) is 2.91. The van der Waals surface area contributed by atoms with E-state index in [-0.39, 0.29) is 23.7 Å². The minimum absolute atomic E-state index is 0.0333. The first-order valence-corrected chi connectivity index (χ1v) is 11.8. The van der Waals surface area contributed by atoms with Gasteiger partial charge in [-0.15, -0.1) is 0 Å². The molecule has 0 amide bonds. The van der Waals surface area contributed by atoms with Crippen LogP contribution >= 0.6 is 0 Å². The molecule has 0 saturated heterocycles. The van der Waals surface area contributed by atoms with E-state index in [1.165, 1.54) is 36.4 Å². The third-order valence-electron chi connectivity index (χ3n) is 5.42. The Morgan fingerprint density at radius 2 is 1.41 bits per heavy atom. The third kappa shape index (κ3) is 9.05. The number of hydrogen-bond acceptors (Lipinski definition) is 8. The van der Waals surface area contributed by atoms with Crippen molar-refractivity contribution in [1.29, 1.82) is 0 Å². The molecule has 4 N–H and O–H groups in total. The van der Waals surface area contributed by atoms with Crippen molar-refractivity contribution >= 4 is 35.4 Å². The molecule has 3 aromatic carbocycles. The van der Waals surface area contributed by atoms with Gasteiger partial charge < -0.3 is 25.7 Å². The summed E-state index contributed by atoms with van der Waals surface area (Å²) in [4.78, 5) is 36.0. The van der Waals surface area contributed by atoms with Gasteiger partial charge >= 0.3 is 30.0 Å². The maximum Gasteiger partial charge on any atom is 0.453 e. The Kier molecular flexibility index (Phi) is 9.66. The zero-order valence-electron chi connectivity index (χ0n) is 21.1. The molecule has 216 valence electrons. The van der Waals surface area contributed by atoms with Crippen LogP contribution in [0.1, 0.15) is 34.3 Å². The summed E-state index contributed by atoms with van der Waals surface area (Å²) in [5, 5.41) is 0. The minimum atomic E-state index is -5.77. The van der Waals surface area contributed by atoms with Crippen LogP contribution in [0.3, 0.4) is 0 Å². The molecule has 0 bridgehead atoms. The zero-order valence-corrected chi connectivity index (χ0v) is 21.1. The number of anilines is 2. The van der Waals surface area contributed by atoms with Crippen molar-refractivity contribution in [3.05, 3.63) is 89.5 Å². The molecular formula is C28H23F5N2O6. The van der Waals surface area contributed by atoms with Crippen molar-refractivity contribution in [2.75, 3.05) is 11.5 Å². The Balaban J connectivity index is 1.47. The van der Waals surface area contributed by atoms with Crippen LogP contribution in [0.15, 0.2) is 72.8 Å². The van der Waals surface area contributed by atoms with E-state index in [2.05, 4.69) is 0 Å². The summed E-state index contributed by atoms with van der Waals surface area (Å²) in [6.45, 7) is -0.0333. The molecular weight excluding hydrogens is 555 g/mol. The quantitative estimate of drug-likeness (QED) is 0.103. The fraction of sp³-hybridized carbons (Fsp3) is 0.179. The first-order valence-electron chi connectivity index (χ1n) is 11.8. The van der Waals surface area contributed by atoms with Crippen molar-refractivity contribution in [3.8, 4) is 11.5 Å². The number of benzene rings is 3. The van der Waals surface area contributed by atoms with Crippen molar-refractivity contribution in [2.45, 2.75) is 31.5 Å². The lowest BCUT2D eigenvalue weighted by Gasteiger charge is -2.18. The molecule has 0 unspecified atom stereocenters. The Morgan fingerprint density at radius 3 is 2.02 bits per heavy atom. The predicted molar refractivity (Wildman–Crippen MR) is 138 cm³/mol. The van der Waals surface area contributed by atoms with Gasteiger partial charge in [0.2, 0.25) is 0 Å². The molecule has 0 saturated carbocycles. The number of carbonyl (C=O) groups excluding carboxylic acids is 3. The van der Waals surface area contributed by atoms with Gasteiger partial charge in [0.05, 0.1) is 12.0 Å². The summed E-state index contributed by atoms with van der Waals surface area (Å²) < 4.78 is 77.6. The second kappa shape index (κ2) is 12.9. The van der Waals surface area contributed by atoms with E-state index in [1.54, 1.807) is 30.3 Å². The van der Waals surface area contributed by atoms with Gasteiger partial charge in [-0.25, -0.2) is 9.59 Å². The van der Waals surface area contributed by atoms with Crippen LogP contribution in [0.25, 0.3) is 6.08 Å². The van der Waals surface area contributed by atoms with E-state index in [4.69, 9.17) is 25.7 Å². The third-order valence-corrected chi connectivity index (χ3v) is 5.42. The molecule has 0 spiro atoms. The van der Waals surface area contributed by atoms with Crippen molar-refractivity contribution in [3.63, 3.8) is 0 Å². The molecule has 8 nitrogen and oxygen atoms in total. The van der Waals surface area contributed by atoms with Crippen LogP contribution in [-0.2, 0) is 20.9 Å². The summed E-state index contributed by atoms with van der Waals surface area (Å²) in [6, 6.07) is 15.7. The molecule has 0 radical (unpaired) electrons. The fourth-order valence-corrected chi connectivity index (χ4v) is 3.16. The summed E-state index contributed by atoms with van der Waals surface area (Å²) in [5.41, 5.74) is 13.6. The van der Waals surface area contributed by atoms with Gasteiger partial charge in [0.1, 0.15) is 18.1 Å². The number of esters is 3. The highest BCUT2D eigenvalue weighted by Crippen LogP contribution is 2.38. The SMILES string of the molecule is Nc1ccc(COC(=O)C=Cc2ccc(OC(=O)c3ccc(OC(=O)CCC(F)(F)C(F)(F)F)cc3)cc2)c(N)c1. The van der Waals surface area contributed by atoms with Crippen LogP contribution in [0.5, 0.6) is 11.5 Å². The van der Waals surface area contributed by atoms with Crippen molar-refractivity contribution in [2.24, 2.45) is 0 Å². The van der Waals surface area contributed by atoms with Gasteiger partial charge in [-0.05, 0) is 60.2 Å². The molecule has 0 heterocycles. The minimum Gasteiger partial charge on any atom is -0.458 e. The highest BCUT2D eigenvalue weighted by Gasteiger charge is 2.57. The normalized spacial score (nSPS) is 11.7. The lowest BCUT2D eigenvalue weighted by molar-refractivity contribution is -0.284. The van der Waals surface area contributed by atoms with Crippen LogP contribution in [0.2, 0.25) is 0 Å². The maximum atomic E-state index is 12.9. The number of halogens is 5. The smallest absolute Gasteiger partial charge is 0.453 e. The number of hydrogen-bond donors (Lipinski definition) is 2. The highest BCUT2D eigenvalue weighted by atomic mass is 19.4. The number of rotatable bonds is 10. The average molecular weight is 578 g/mol. The summed E-state index contributed by atoms with van der Waals surface area (Å²) >= 11 is 0. The summed E-state index contributed by atoms with van der Waals surface area (Å²) in [5.74, 6) is -7.68. The van der Waals surface area contributed by atoms with E-state index in [1.807, 2.05) is 0 Å². The molecule has 13 heteroatoms. The monoisotopic (exact) mass is 578 g/mol. The molecule has 0 aliphatic rings. The Morgan fingerprint density at radius 1 is 0.805 bits per heavy atom. The molecule has 3 rings (SSSR count). The van der Waals surface area contributed by atoms with Gasteiger partial charge in [-0.1, -0.05) is 18.2 Å². The highest BCUT2D eigenvalue weighted by molar-refractivity contribution is 5.91. The molecule has 0 atom stereocenters. The van der Waals surface area contributed by atoms with Crippen LogP contribution in [0.4, 0.5) is 33.3 Å². The lowest BCUT2D eigenvalue weighted by atomic mass is 10.2. The number of nitrogens with two attached hydrogens (primary N) is 2. The number of alkyl halides is 5. The zero-order chi connectivity index (χ0) is 30.2.